The standard InChI is InChI=1S/C15H16BrNO2/c1-11(7-8-14-6-3-9-19-14)17-15(18)12-4-2-5-13(16)10-12/h2-6,9-11H,7-8H2,1H3,(H,17,18). The maximum atomic E-state index is 12.0. The van der Waals surface area contributed by atoms with Gasteiger partial charge in [0.15, 0.2) is 0 Å². The van der Waals surface area contributed by atoms with Gasteiger partial charge in [-0.25, -0.2) is 0 Å². The van der Waals surface area contributed by atoms with Crippen LogP contribution in [-0.2, 0) is 6.42 Å². The number of halogens is 1. The van der Waals surface area contributed by atoms with Gasteiger partial charge in [0.25, 0.3) is 5.91 Å². The van der Waals surface area contributed by atoms with Crippen LogP contribution in [0.2, 0.25) is 0 Å². The molecule has 4 heteroatoms. The van der Waals surface area contributed by atoms with E-state index < -0.39 is 0 Å². The number of amides is 1. The minimum atomic E-state index is -0.0479. The molecule has 0 radical (unpaired) electrons. The minimum absolute atomic E-state index is 0.0479. The van der Waals surface area contributed by atoms with Crippen molar-refractivity contribution in [1.29, 1.82) is 0 Å². The quantitative estimate of drug-likeness (QED) is 0.910. The second-order valence-electron chi connectivity index (χ2n) is 4.50. The van der Waals surface area contributed by atoms with E-state index in [1.54, 1.807) is 12.3 Å². The molecule has 2 rings (SSSR count). The summed E-state index contributed by atoms with van der Waals surface area (Å²) in [4.78, 5) is 12.0. The van der Waals surface area contributed by atoms with Crippen molar-refractivity contribution in [2.75, 3.05) is 0 Å². The first-order valence-corrected chi connectivity index (χ1v) is 7.03. The van der Waals surface area contributed by atoms with Crippen molar-refractivity contribution in [2.45, 2.75) is 25.8 Å². The molecule has 3 nitrogen and oxygen atoms in total. The molecule has 0 saturated carbocycles. The fourth-order valence-corrected chi connectivity index (χ4v) is 2.22. The molecule has 1 atom stereocenters. The van der Waals surface area contributed by atoms with Crippen LogP contribution in [0.3, 0.4) is 0 Å². The summed E-state index contributed by atoms with van der Waals surface area (Å²) in [5.74, 6) is 0.900. The molecule has 100 valence electrons. The Balaban J connectivity index is 1.84. The summed E-state index contributed by atoms with van der Waals surface area (Å²) >= 11 is 3.36. The molecule has 0 fully saturated rings. The van der Waals surface area contributed by atoms with Crippen LogP contribution in [0.4, 0.5) is 0 Å². The smallest absolute Gasteiger partial charge is 0.251 e. The van der Waals surface area contributed by atoms with Crippen LogP contribution >= 0.6 is 15.9 Å². The first kappa shape index (κ1) is 13.9. The monoisotopic (exact) mass is 321 g/mol. The van der Waals surface area contributed by atoms with E-state index in [9.17, 15) is 4.79 Å². The molecule has 1 aromatic carbocycles. The van der Waals surface area contributed by atoms with Crippen molar-refractivity contribution in [2.24, 2.45) is 0 Å². The molecule has 1 amide bonds. The van der Waals surface area contributed by atoms with Crippen LogP contribution in [0.25, 0.3) is 0 Å². The number of hydrogen-bond donors (Lipinski definition) is 1. The summed E-state index contributed by atoms with van der Waals surface area (Å²) in [5.41, 5.74) is 0.666. The number of carbonyl (C=O) groups excluding carboxylic acids is 1. The first-order chi connectivity index (χ1) is 9.15. The minimum Gasteiger partial charge on any atom is -0.469 e. The van der Waals surface area contributed by atoms with E-state index in [1.807, 2.05) is 37.3 Å². The van der Waals surface area contributed by atoms with E-state index in [2.05, 4.69) is 21.2 Å². The Morgan fingerprint density at radius 3 is 2.89 bits per heavy atom. The van der Waals surface area contributed by atoms with Gasteiger partial charge in [-0.15, -0.1) is 0 Å². The molecule has 0 spiro atoms. The summed E-state index contributed by atoms with van der Waals surface area (Å²) in [6.07, 6.45) is 3.35. The van der Waals surface area contributed by atoms with Gasteiger partial charge < -0.3 is 9.73 Å². The van der Waals surface area contributed by atoms with Crippen molar-refractivity contribution < 1.29 is 9.21 Å². The number of rotatable bonds is 5. The Morgan fingerprint density at radius 2 is 2.21 bits per heavy atom. The number of carbonyl (C=O) groups is 1. The largest absolute Gasteiger partial charge is 0.469 e. The van der Waals surface area contributed by atoms with E-state index in [0.29, 0.717) is 5.56 Å². The lowest BCUT2D eigenvalue weighted by atomic mass is 10.1. The first-order valence-electron chi connectivity index (χ1n) is 6.24. The zero-order chi connectivity index (χ0) is 13.7. The third kappa shape index (κ3) is 4.24. The van der Waals surface area contributed by atoms with Gasteiger partial charge in [0.05, 0.1) is 6.26 Å². The van der Waals surface area contributed by atoms with Gasteiger partial charge in [0.1, 0.15) is 5.76 Å². The van der Waals surface area contributed by atoms with Crippen molar-refractivity contribution in [3.8, 4) is 0 Å². The number of nitrogens with one attached hydrogen (secondary N) is 1. The normalized spacial score (nSPS) is 12.1. The highest BCUT2D eigenvalue weighted by Gasteiger charge is 2.10. The van der Waals surface area contributed by atoms with Crippen molar-refractivity contribution in [3.63, 3.8) is 0 Å². The van der Waals surface area contributed by atoms with E-state index in [0.717, 1.165) is 23.1 Å². The molecule has 1 heterocycles. The van der Waals surface area contributed by atoms with E-state index >= 15 is 0 Å². The molecule has 0 bridgehead atoms. The van der Waals surface area contributed by atoms with Crippen LogP contribution in [-0.4, -0.2) is 11.9 Å². The van der Waals surface area contributed by atoms with Gasteiger partial charge in [0, 0.05) is 22.5 Å². The highest BCUT2D eigenvalue weighted by Crippen LogP contribution is 2.12. The third-order valence-electron chi connectivity index (χ3n) is 2.87. The lowest BCUT2D eigenvalue weighted by Crippen LogP contribution is -2.32. The summed E-state index contributed by atoms with van der Waals surface area (Å²) in [6, 6.07) is 11.3. The molecule has 2 aromatic rings. The maximum absolute atomic E-state index is 12.0. The molecule has 1 aromatic heterocycles. The van der Waals surface area contributed by atoms with Gasteiger partial charge in [0.2, 0.25) is 0 Å². The molecular formula is C15H16BrNO2. The second kappa shape index (κ2) is 6.57. The summed E-state index contributed by atoms with van der Waals surface area (Å²) in [5, 5.41) is 2.98. The molecular weight excluding hydrogens is 306 g/mol. The van der Waals surface area contributed by atoms with Crippen molar-refractivity contribution in [1.82, 2.24) is 5.32 Å². The number of furan rings is 1. The SMILES string of the molecule is CC(CCc1ccco1)NC(=O)c1cccc(Br)c1. The molecule has 0 aliphatic carbocycles. The molecule has 0 aliphatic rings. The van der Waals surface area contributed by atoms with Gasteiger partial charge in [-0.1, -0.05) is 22.0 Å². The van der Waals surface area contributed by atoms with E-state index in [-0.39, 0.29) is 11.9 Å². The van der Waals surface area contributed by atoms with Gasteiger partial charge in [-0.2, -0.15) is 0 Å². The lowest BCUT2D eigenvalue weighted by Gasteiger charge is -2.13. The fourth-order valence-electron chi connectivity index (χ4n) is 1.82. The fraction of sp³-hybridized carbons (Fsp3) is 0.267. The van der Waals surface area contributed by atoms with Gasteiger partial charge in [-0.3, -0.25) is 4.79 Å². The second-order valence-corrected chi connectivity index (χ2v) is 5.42. The van der Waals surface area contributed by atoms with Gasteiger partial charge >= 0.3 is 0 Å². The Kier molecular flexibility index (Phi) is 4.80. The van der Waals surface area contributed by atoms with Crippen LogP contribution in [0.1, 0.15) is 29.5 Å². The molecule has 1 unspecified atom stereocenters. The maximum Gasteiger partial charge on any atom is 0.251 e. The third-order valence-corrected chi connectivity index (χ3v) is 3.36. The number of hydrogen-bond acceptors (Lipinski definition) is 2. The summed E-state index contributed by atoms with van der Waals surface area (Å²) in [6.45, 7) is 2.00. The number of benzene rings is 1. The zero-order valence-corrected chi connectivity index (χ0v) is 12.3. The van der Waals surface area contributed by atoms with Crippen LogP contribution in [0, 0.1) is 0 Å². The predicted octanol–water partition coefficient (Wildman–Crippen LogP) is 3.79. The van der Waals surface area contributed by atoms with Crippen LogP contribution < -0.4 is 5.32 Å². The van der Waals surface area contributed by atoms with Crippen LogP contribution in [0.5, 0.6) is 0 Å². The number of aryl methyl sites for hydroxylation is 1. The van der Waals surface area contributed by atoms with E-state index in [1.165, 1.54) is 0 Å². The molecule has 0 saturated heterocycles. The summed E-state index contributed by atoms with van der Waals surface area (Å²) < 4.78 is 6.18. The van der Waals surface area contributed by atoms with Crippen LogP contribution in [0.15, 0.2) is 51.6 Å². The van der Waals surface area contributed by atoms with Gasteiger partial charge in [-0.05, 0) is 43.7 Å². The zero-order valence-electron chi connectivity index (χ0n) is 10.7. The Bertz CT molecular complexity index is 537. The molecule has 1 N–H and O–H groups in total. The van der Waals surface area contributed by atoms with E-state index in [4.69, 9.17) is 4.42 Å². The Hall–Kier alpha value is -1.55. The highest BCUT2D eigenvalue weighted by atomic mass is 79.9. The van der Waals surface area contributed by atoms with Crippen molar-refractivity contribution in [3.05, 3.63) is 58.5 Å². The Labute approximate surface area is 121 Å². The highest BCUT2D eigenvalue weighted by molar-refractivity contribution is 9.10. The summed E-state index contributed by atoms with van der Waals surface area (Å²) in [7, 11) is 0. The van der Waals surface area contributed by atoms with Crippen molar-refractivity contribution >= 4 is 21.8 Å². The lowest BCUT2D eigenvalue weighted by molar-refractivity contribution is 0.0938. The average molecular weight is 322 g/mol. The topological polar surface area (TPSA) is 42.2 Å². The Morgan fingerprint density at radius 1 is 1.37 bits per heavy atom. The average Bonchev–Trinajstić information content (AvgIpc) is 2.89. The molecule has 19 heavy (non-hydrogen) atoms. The molecule has 0 aliphatic heterocycles. The predicted molar refractivity (Wildman–Crippen MR) is 78.1 cm³/mol.